The van der Waals surface area contributed by atoms with Crippen LogP contribution in [0, 0.1) is 0 Å². The normalized spacial score (nSPS) is 22.2. The van der Waals surface area contributed by atoms with E-state index in [1.165, 1.54) is 16.9 Å². The van der Waals surface area contributed by atoms with E-state index in [4.69, 9.17) is 0 Å². The van der Waals surface area contributed by atoms with Gasteiger partial charge in [-0.2, -0.15) is 0 Å². The Balaban J connectivity index is 1.35. The summed E-state index contributed by atoms with van der Waals surface area (Å²) in [6.07, 6.45) is 6.33. The fourth-order valence-electron chi connectivity index (χ4n) is 2.65. The number of hydrogen-bond donors (Lipinski definition) is 2. The fraction of sp³-hybridized carbons (Fsp3) is 0.333. The summed E-state index contributed by atoms with van der Waals surface area (Å²) in [6.45, 7) is 3.70. The molecule has 1 saturated heterocycles. The van der Waals surface area contributed by atoms with E-state index in [1.807, 2.05) is 17.3 Å². The molecule has 0 spiro atoms. The number of thioether (sulfide) groups is 2. The summed E-state index contributed by atoms with van der Waals surface area (Å²) in [5, 5.41) is 11.2. The molecule has 25 heavy (non-hydrogen) atoms. The van der Waals surface area contributed by atoms with Crippen molar-refractivity contribution in [2.24, 2.45) is 0 Å². The molecule has 1 unspecified atom stereocenters. The van der Waals surface area contributed by atoms with Gasteiger partial charge in [-0.1, -0.05) is 29.2 Å². The van der Waals surface area contributed by atoms with Crippen LogP contribution in [0.1, 0.15) is 5.69 Å². The highest BCUT2D eigenvalue weighted by molar-refractivity contribution is 8.01. The molecule has 0 aliphatic carbocycles. The first-order chi connectivity index (χ1) is 12.2. The SMILES string of the molecule is C=CCc1c[nH]c(NC2C(=O)N3C=C(CSc4nncs4)CS[C@H]23)n1. The van der Waals surface area contributed by atoms with Gasteiger partial charge in [-0.15, -0.1) is 28.5 Å². The molecule has 0 saturated carbocycles. The summed E-state index contributed by atoms with van der Waals surface area (Å²) in [4.78, 5) is 21.7. The van der Waals surface area contributed by atoms with Crippen molar-refractivity contribution >= 4 is 46.7 Å². The Labute approximate surface area is 157 Å². The molecule has 1 fully saturated rings. The van der Waals surface area contributed by atoms with E-state index < -0.39 is 0 Å². The molecule has 4 rings (SSSR count). The Morgan fingerprint density at radius 3 is 3.28 bits per heavy atom. The van der Waals surface area contributed by atoms with Crippen LogP contribution < -0.4 is 5.32 Å². The second-order valence-corrected chi connectivity index (χ2v) is 8.74. The van der Waals surface area contributed by atoms with Gasteiger partial charge >= 0.3 is 0 Å². The molecule has 2 aliphatic rings. The highest BCUT2D eigenvalue weighted by atomic mass is 32.2. The van der Waals surface area contributed by atoms with Crippen LogP contribution in [0.25, 0.3) is 0 Å². The van der Waals surface area contributed by atoms with Gasteiger partial charge in [0.15, 0.2) is 4.34 Å². The summed E-state index contributed by atoms with van der Waals surface area (Å²) in [7, 11) is 0. The molecule has 130 valence electrons. The molecule has 7 nitrogen and oxygen atoms in total. The zero-order chi connectivity index (χ0) is 17.2. The number of amides is 1. The maximum Gasteiger partial charge on any atom is 0.253 e. The number of hydrogen-bond acceptors (Lipinski definition) is 8. The third-order valence-corrected chi connectivity index (χ3v) is 7.19. The summed E-state index contributed by atoms with van der Waals surface area (Å²) >= 11 is 4.97. The lowest BCUT2D eigenvalue weighted by molar-refractivity contribution is -0.139. The minimum absolute atomic E-state index is 0.0808. The highest BCUT2D eigenvalue weighted by Crippen LogP contribution is 2.38. The van der Waals surface area contributed by atoms with E-state index in [0.717, 1.165) is 21.5 Å². The van der Waals surface area contributed by atoms with Crippen LogP contribution in [-0.2, 0) is 11.2 Å². The topological polar surface area (TPSA) is 86.8 Å². The number of aromatic nitrogens is 4. The molecular weight excluding hydrogens is 376 g/mol. The van der Waals surface area contributed by atoms with Crippen molar-refractivity contribution in [3.8, 4) is 0 Å². The fourth-order valence-corrected chi connectivity index (χ4v) is 5.49. The Morgan fingerprint density at radius 2 is 2.48 bits per heavy atom. The van der Waals surface area contributed by atoms with Gasteiger partial charge in [0.2, 0.25) is 5.95 Å². The van der Waals surface area contributed by atoms with Crippen LogP contribution >= 0.6 is 34.9 Å². The second-order valence-electron chi connectivity index (χ2n) is 5.58. The van der Waals surface area contributed by atoms with E-state index >= 15 is 0 Å². The number of nitrogens with zero attached hydrogens (tertiary/aromatic N) is 4. The molecule has 1 amide bonds. The smallest absolute Gasteiger partial charge is 0.253 e. The van der Waals surface area contributed by atoms with Crippen LogP contribution in [0.5, 0.6) is 0 Å². The summed E-state index contributed by atoms with van der Waals surface area (Å²) in [6, 6.07) is -0.235. The number of anilines is 1. The first-order valence-electron chi connectivity index (χ1n) is 7.68. The molecule has 0 aromatic carbocycles. The van der Waals surface area contributed by atoms with Crippen LogP contribution in [0.2, 0.25) is 0 Å². The lowest BCUT2D eigenvalue weighted by Crippen LogP contribution is -2.65. The average Bonchev–Trinajstić information content (AvgIpc) is 3.30. The first-order valence-corrected chi connectivity index (χ1v) is 10.6. The van der Waals surface area contributed by atoms with Crippen LogP contribution in [-0.4, -0.2) is 53.9 Å². The molecular formula is C15H16N6OS3. The molecule has 4 heterocycles. The van der Waals surface area contributed by atoms with Crippen molar-refractivity contribution in [2.75, 3.05) is 16.8 Å². The number of nitrogens with one attached hydrogen (secondary N) is 2. The predicted molar refractivity (Wildman–Crippen MR) is 102 cm³/mol. The Bertz CT molecular complexity index is 802. The van der Waals surface area contributed by atoms with Crippen molar-refractivity contribution in [3.63, 3.8) is 0 Å². The first kappa shape index (κ1) is 16.7. The number of β-lactam (4-membered cyclic amide) rings is 1. The number of carbonyl (C=O) groups excluding carboxylic acids is 1. The lowest BCUT2D eigenvalue weighted by Gasteiger charge is -2.47. The third kappa shape index (κ3) is 3.46. The number of imidazole rings is 1. The lowest BCUT2D eigenvalue weighted by atomic mass is 10.1. The van der Waals surface area contributed by atoms with Crippen LogP contribution in [0.4, 0.5) is 5.95 Å². The van der Waals surface area contributed by atoms with Gasteiger partial charge in [0.25, 0.3) is 5.91 Å². The Hall–Kier alpha value is -1.78. The molecule has 2 aliphatic heterocycles. The Kier molecular flexibility index (Phi) is 4.82. The van der Waals surface area contributed by atoms with Gasteiger partial charge in [-0.05, 0) is 5.57 Å². The zero-order valence-electron chi connectivity index (χ0n) is 13.2. The van der Waals surface area contributed by atoms with E-state index in [2.05, 4.69) is 32.1 Å². The summed E-state index contributed by atoms with van der Waals surface area (Å²) in [5.74, 6) is 2.47. The molecule has 10 heteroatoms. The van der Waals surface area contributed by atoms with E-state index in [0.29, 0.717) is 12.4 Å². The number of H-pyrrole nitrogens is 1. The maximum atomic E-state index is 12.4. The standard InChI is InChI=1S/C15H16N6OS3/c1-2-3-10-4-16-14(18-10)19-11-12(22)21-5-9(6-23-13(11)21)7-24-15-20-17-8-25-15/h2,4-5,8,11,13H,1,3,6-7H2,(H2,16,18,19)/t11?,13-/m1/s1. The predicted octanol–water partition coefficient (Wildman–Crippen LogP) is 2.36. The molecule has 2 aromatic rings. The van der Waals surface area contributed by atoms with Crippen molar-refractivity contribution in [1.82, 2.24) is 25.1 Å². The van der Waals surface area contributed by atoms with E-state index in [9.17, 15) is 4.79 Å². The Morgan fingerprint density at radius 1 is 1.56 bits per heavy atom. The van der Waals surface area contributed by atoms with Crippen molar-refractivity contribution < 1.29 is 4.79 Å². The number of aromatic amines is 1. The van der Waals surface area contributed by atoms with Crippen molar-refractivity contribution in [3.05, 3.63) is 41.8 Å². The third-order valence-electron chi connectivity index (χ3n) is 3.84. The molecule has 2 atom stereocenters. The van der Waals surface area contributed by atoms with Gasteiger partial charge in [0.1, 0.15) is 16.9 Å². The molecule has 2 N–H and O–H groups in total. The van der Waals surface area contributed by atoms with Crippen LogP contribution in [0.3, 0.4) is 0 Å². The maximum absolute atomic E-state index is 12.4. The second kappa shape index (κ2) is 7.22. The monoisotopic (exact) mass is 392 g/mol. The molecule has 0 radical (unpaired) electrons. The van der Waals surface area contributed by atoms with Gasteiger partial charge in [0.05, 0.1) is 5.69 Å². The van der Waals surface area contributed by atoms with Gasteiger partial charge in [0, 0.05) is 30.3 Å². The van der Waals surface area contributed by atoms with Crippen molar-refractivity contribution in [2.45, 2.75) is 22.2 Å². The molecule has 2 aromatic heterocycles. The van der Waals surface area contributed by atoms with E-state index in [1.54, 1.807) is 35.1 Å². The average molecular weight is 393 g/mol. The van der Waals surface area contributed by atoms with Crippen LogP contribution in [0.15, 0.2) is 40.5 Å². The summed E-state index contributed by atoms with van der Waals surface area (Å²) in [5.41, 5.74) is 3.87. The largest absolute Gasteiger partial charge is 0.341 e. The minimum Gasteiger partial charge on any atom is -0.341 e. The summed E-state index contributed by atoms with van der Waals surface area (Å²) < 4.78 is 0.954. The number of carbonyl (C=O) groups is 1. The number of fused-ring (bicyclic) bond motifs is 1. The van der Waals surface area contributed by atoms with Crippen molar-refractivity contribution in [1.29, 1.82) is 0 Å². The van der Waals surface area contributed by atoms with Gasteiger partial charge in [-0.25, -0.2) is 4.98 Å². The number of allylic oxidation sites excluding steroid dienone is 1. The highest BCUT2D eigenvalue weighted by Gasteiger charge is 2.48. The van der Waals surface area contributed by atoms with E-state index in [-0.39, 0.29) is 17.3 Å². The minimum atomic E-state index is -0.235. The van der Waals surface area contributed by atoms with Gasteiger partial charge < -0.3 is 15.2 Å². The molecule has 0 bridgehead atoms. The number of rotatable bonds is 7. The zero-order valence-corrected chi connectivity index (χ0v) is 15.7. The quantitative estimate of drug-likeness (QED) is 0.425. The van der Waals surface area contributed by atoms with Gasteiger partial charge in [-0.3, -0.25) is 4.79 Å².